The summed E-state index contributed by atoms with van der Waals surface area (Å²) in [6, 6.07) is 0. The first-order chi connectivity index (χ1) is 11.4. The van der Waals surface area contributed by atoms with E-state index in [1.54, 1.807) is 20.8 Å². The van der Waals surface area contributed by atoms with Gasteiger partial charge in [-0.05, 0) is 39.7 Å². The molecule has 0 saturated carbocycles. The number of ketones is 1. The number of Topliss-reactive ketones (excluding diaryl/α,β-unsaturated/α-hetero) is 1. The highest BCUT2D eigenvalue weighted by Crippen LogP contribution is 2.23. The number of amides is 1. The van der Waals surface area contributed by atoms with Crippen LogP contribution in [0.25, 0.3) is 0 Å². The summed E-state index contributed by atoms with van der Waals surface area (Å²) in [4.78, 5) is 38.5. The zero-order chi connectivity index (χ0) is 19.0. The Kier molecular flexibility index (Phi) is 5.08. The van der Waals surface area contributed by atoms with Gasteiger partial charge in [0.1, 0.15) is 5.69 Å². The summed E-state index contributed by atoms with van der Waals surface area (Å²) < 4.78 is 28.1. The number of carbonyl (C=O) groups is 3. The van der Waals surface area contributed by atoms with Gasteiger partial charge in [0, 0.05) is 11.3 Å². The minimum absolute atomic E-state index is 0.0261. The Bertz CT molecular complexity index is 839. The van der Waals surface area contributed by atoms with Crippen molar-refractivity contribution in [3.05, 3.63) is 22.5 Å². The second-order valence-electron chi connectivity index (χ2n) is 6.71. The number of H-pyrrole nitrogens is 1. The Balaban J connectivity index is 1.98. The molecule has 1 amide bonds. The summed E-state index contributed by atoms with van der Waals surface area (Å²) in [5, 5.41) is 2.61. The standard InChI is InChI=1S/C16H22N2O6S/c1-9-13(11(3)19)10(2)17-14(9)15(21)24-7-12(20)18-16(4)5-6-25(22,23)8-16/h17H,5-8H2,1-4H3,(H,18,20). The number of hydrogen-bond donors (Lipinski definition) is 2. The first-order valence-electron chi connectivity index (χ1n) is 7.83. The molecule has 138 valence electrons. The van der Waals surface area contributed by atoms with Gasteiger partial charge in [-0.3, -0.25) is 9.59 Å². The smallest absolute Gasteiger partial charge is 0.355 e. The molecular weight excluding hydrogens is 348 g/mol. The summed E-state index contributed by atoms with van der Waals surface area (Å²) >= 11 is 0. The maximum atomic E-state index is 12.1. The van der Waals surface area contributed by atoms with Gasteiger partial charge in [0.25, 0.3) is 5.91 Å². The summed E-state index contributed by atoms with van der Waals surface area (Å²) in [6.45, 7) is 5.83. The van der Waals surface area contributed by atoms with Crippen molar-refractivity contribution in [2.45, 2.75) is 39.7 Å². The van der Waals surface area contributed by atoms with Crippen LogP contribution in [-0.2, 0) is 19.4 Å². The molecule has 0 aromatic carbocycles. The molecule has 1 aromatic rings. The third-order valence-electron chi connectivity index (χ3n) is 4.27. The lowest BCUT2D eigenvalue weighted by atomic mass is 10.0. The zero-order valence-electron chi connectivity index (χ0n) is 14.7. The van der Waals surface area contributed by atoms with Crippen LogP contribution in [0.3, 0.4) is 0 Å². The van der Waals surface area contributed by atoms with Gasteiger partial charge in [0.2, 0.25) is 0 Å². The van der Waals surface area contributed by atoms with E-state index in [1.807, 2.05) is 0 Å². The number of aryl methyl sites for hydroxylation is 1. The molecule has 0 bridgehead atoms. The van der Waals surface area contributed by atoms with Crippen LogP contribution in [0, 0.1) is 13.8 Å². The van der Waals surface area contributed by atoms with Gasteiger partial charge in [-0.25, -0.2) is 13.2 Å². The van der Waals surface area contributed by atoms with Crippen molar-refractivity contribution in [3.8, 4) is 0 Å². The van der Waals surface area contributed by atoms with Crippen LogP contribution in [-0.4, -0.2) is 54.7 Å². The number of rotatable bonds is 5. The van der Waals surface area contributed by atoms with E-state index in [1.165, 1.54) is 6.92 Å². The summed E-state index contributed by atoms with van der Waals surface area (Å²) in [5.41, 5.74) is 0.753. The molecule has 0 radical (unpaired) electrons. The normalized spacial score (nSPS) is 21.8. The fourth-order valence-electron chi connectivity index (χ4n) is 3.17. The summed E-state index contributed by atoms with van der Waals surface area (Å²) in [6.07, 6.45) is 0.325. The molecular formula is C16H22N2O6S. The topological polar surface area (TPSA) is 122 Å². The van der Waals surface area contributed by atoms with Gasteiger partial charge in [-0.1, -0.05) is 0 Å². The summed E-state index contributed by atoms with van der Waals surface area (Å²) in [5.74, 6) is -1.58. The van der Waals surface area contributed by atoms with Crippen LogP contribution in [0.5, 0.6) is 0 Å². The molecule has 9 heteroatoms. The quantitative estimate of drug-likeness (QED) is 0.581. The van der Waals surface area contributed by atoms with Crippen molar-refractivity contribution in [1.82, 2.24) is 10.3 Å². The van der Waals surface area contributed by atoms with E-state index in [0.29, 0.717) is 23.2 Å². The third kappa shape index (κ3) is 4.28. The average molecular weight is 370 g/mol. The number of aromatic nitrogens is 1. The van der Waals surface area contributed by atoms with Crippen LogP contribution >= 0.6 is 0 Å². The fraction of sp³-hybridized carbons (Fsp3) is 0.562. The molecule has 0 spiro atoms. The minimum Gasteiger partial charge on any atom is -0.451 e. The molecule has 2 rings (SSSR count). The lowest BCUT2D eigenvalue weighted by molar-refractivity contribution is -0.125. The first-order valence-corrected chi connectivity index (χ1v) is 9.65. The first kappa shape index (κ1) is 19.2. The molecule has 1 aromatic heterocycles. The molecule has 1 fully saturated rings. The van der Waals surface area contributed by atoms with Crippen molar-refractivity contribution in [3.63, 3.8) is 0 Å². The number of carbonyl (C=O) groups excluding carboxylic acids is 3. The molecule has 1 aliphatic rings. The van der Waals surface area contributed by atoms with E-state index in [4.69, 9.17) is 4.74 Å². The molecule has 1 aliphatic heterocycles. The maximum absolute atomic E-state index is 12.1. The second kappa shape index (κ2) is 6.62. The molecule has 2 heterocycles. The molecule has 1 atom stereocenters. The van der Waals surface area contributed by atoms with Gasteiger partial charge in [0.05, 0.1) is 17.0 Å². The van der Waals surface area contributed by atoms with Crippen LogP contribution in [0.2, 0.25) is 0 Å². The van der Waals surface area contributed by atoms with Gasteiger partial charge in [-0.2, -0.15) is 0 Å². The average Bonchev–Trinajstić information content (AvgIpc) is 2.91. The monoisotopic (exact) mass is 370 g/mol. The number of nitrogens with one attached hydrogen (secondary N) is 2. The fourth-order valence-corrected chi connectivity index (χ4v) is 5.26. The molecule has 1 saturated heterocycles. The third-order valence-corrected chi connectivity index (χ3v) is 6.18. The molecule has 0 aliphatic carbocycles. The van der Waals surface area contributed by atoms with Crippen molar-refractivity contribution in [2.75, 3.05) is 18.1 Å². The number of hydrogen-bond acceptors (Lipinski definition) is 6. The van der Waals surface area contributed by atoms with Crippen molar-refractivity contribution in [2.24, 2.45) is 0 Å². The number of aromatic amines is 1. The van der Waals surface area contributed by atoms with E-state index >= 15 is 0 Å². The van der Waals surface area contributed by atoms with Crippen LogP contribution in [0.1, 0.15) is 52.4 Å². The van der Waals surface area contributed by atoms with E-state index in [0.717, 1.165) is 0 Å². The van der Waals surface area contributed by atoms with Gasteiger partial charge in [0.15, 0.2) is 22.2 Å². The highest BCUT2D eigenvalue weighted by atomic mass is 32.2. The van der Waals surface area contributed by atoms with E-state index in [-0.39, 0.29) is 23.0 Å². The zero-order valence-corrected chi connectivity index (χ0v) is 15.5. The van der Waals surface area contributed by atoms with Crippen molar-refractivity contribution < 1.29 is 27.5 Å². The van der Waals surface area contributed by atoms with Crippen LogP contribution in [0.4, 0.5) is 0 Å². The minimum atomic E-state index is -3.15. The van der Waals surface area contributed by atoms with Gasteiger partial charge in [-0.15, -0.1) is 0 Å². The Morgan fingerprint density at radius 3 is 2.40 bits per heavy atom. The van der Waals surface area contributed by atoms with Gasteiger partial charge >= 0.3 is 5.97 Å². The van der Waals surface area contributed by atoms with Gasteiger partial charge < -0.3 is 15.0 Å². The molecule has 8 nitrogen and oxygen atoms in total. The van der Waals surface area contributed by atoms with E-state index in [9.17, 15) is 22.8 Å². The van der Waals surface area contributed by atoms with E-state index < -0.39 is 33.9 Å². The van der Waals surface area contributed by atoms with Crippen LogP contribution in [0.15, 0.2) is 0 Å². The number of esters is 1. The predicted octanol–water partition coefficient (Wildman–Crippen LogP) is 0.684. The molecule has 2 N–H and O–H groups in total. The van der Waals surface area contributed by atoms with Crippen LogP contribution < -0.4 is 5.32 Å². The number of ether oxygens (including phenoxy) is 1. The predicted molar refractivity (Wildman–Crippen MR) is 90.4 cm³/mol. The van der Waals surface area contributed by atoms with Crippen molar-refractivity contribution in [1.29, 1.82) is 0 Å². The Morgan fingerprint density at radius 1 is 1.28 bits per heavy atom. The molecule has 1 unspecified atom stereocenters. The summed E-state index contributed by atoms with van der Waals surface area (Å²) in [7, 11) is -3.15. The Labute approximate surface area is 146 Å². The van der Waals surface area contributed by atoms with E-state index in [2.05, 4.69) is 10.3 Å². The largest absolute Gasteiger partial charge is 0.451 e. The number of sulfone groups is 1. The van der Waals surface area contributed by atoms with Crippen molar-refractivity contribution >= 4 is 27.5 Å². The highest BCUT2D eigenvalue weighted by Gasteiger charge is 2.39. The highest BCUT2D eigenvalue weighted by molar-refractivity contribution is 7.91. The molecule has 25 heavy (non-hydrogen) atoms. The Morgan fingerprint density at radius 2 is 1.92 bits per heavy atom. The second-order valence-corrected chi connectivity index (χ2v) is 8.89. The maximum Gasteiger partial charge on any atom is 0.355 e. The lowest BCUT2D eigenvalue weighted by Crippen LogP contribution is -2.48. The SMILES string of the molecule is CC(=O)c1c(C)[nH]c(C(=O)OCC(=O)NC2(C)CCS(=O)(=O)C2)c1C. The lowest BCUT2D eigenvalue weighted by Gasteiger charge is -2.23. The Hall–Kier alpha value is -2.16.